The van der Waals surface area contributed by atoms with E-state index < -0.39 is 7.82 Å². The van der Waals surface area contributed by atoms with Crippen molar-refractivity contribution in [3.05, 3.63) is 0 Å². The Kier molecular flexibility index (Phi) is 7.77. The van der Waals surface area contributed by atoms with Gasteiger partial charge in [-0.05, 0) is 18.3 Å². The summed E-state index contributed by atoms with van der Waals surface area (Å²) < 4.78 is 26.4. The SMILES string of the molecule is [B][C@H]1C[C@@H](C(CCC)CCC)C(COP(=O)(O)OC)O1. The predicted octanol–water partition coefficient (Wildman–Crippen LogP) is 2.87. The number of hydrogen-bond donors (Lipinski definition) is 1. The van der Waals surface area contributed by atoms with Gasteiger partial charge in [-0.25, -0.2) is 4.57 Å². The highest BCUT2D eigenvalue weighted by Crippen LogP contribution is 2.44. The van der Waals surface area contributed by atoms with E-state index >= 15 is 0 Å². The lowest BCUT2D eigenvalue weighted by molar-refractivity contribution is 0.0108. The van der Waals surface area contributed by atoms with Crippen molar-refractivity contribution in [1.29, 1.82) is 0 Å². The summed E-state index contributed by atoms with van der Waals surface area (Å²) in [5.74, 6) is 0.800. The van der Waals surface area contributed by atoms with Gasteiger partial charge in [0.1, 0.15) is 7.85 Å². The minimum atomic E-state index is -3.95. The molecule has 1 aliphatic rings. The van der Waals surface area contributed by atoms with Crippen LogP contribution in [0.4, 0.5) is 0 Å². The largest absolute Gasteiger partial charge is 0.472 e. The molecular formula is C13H26BO5P. The van der Waals surface area contributed by atoms with Crippen molar-refractivity contribution in [1.82, 2.24) is 0 Å². The zero-order chi connectivity index (χ0) is 15.2. The molecule has 1 N–H and O–H groups in total. The fourth-order valence-corrected chi connectivity index (χ4v) is 3.44. The molecule has 2 unspecified atom stereocenters. The standard InChI is InChI=1S/C13H26BO5P/c1-4-6-10(7-5-2)11-8-13(14)19-12(11)9-18-20(15,16)17-3/h10-13H,4-9H2,1-3H3,(H,15,16)/t11-,12?,13+/m0/s1. The Morgan fingerprint density at radius 2 is 2.00 bits per heavy atom. The third kappa shape index (κ3) is 5.49. The molecule has 4 atom stereocenters. The second-order valence-electron chi connectivity index (χ2n) is 5.40. The van der Waals surface area contributed by atoms with Gasteiger partial charge in [0.05, 0.1) is 12.7 Å². The van der Waals surface area contributed by atoms with E-state index in [0.717, 1.165) is 39.2 Å². The first-order valence-corrected chi connectivity index (χ1v) is 8.87. The van der Waals surface area contributed by atoms with Crippen LogP contribution in [0, 0.1) is 11.8 Å². The van der Waals surface area contributed by atoms with Gasteiger partial charge in [0, 0.05) is 13.1 Å². The van der Waals surface area contributed by atoms with Gasteiger partial charge in [-0.1, -0.05) is 39.5 Å². The van der Waals surface area contributed by atoms with Gasteiger partial charge in [0.15, 0.2) is 0 Å². The van der Waals surface area contributed by atoms with Gasteiger partial charge in [-0.15, -0.1) is 0 Å². The zero-order valence-electron chi connectivity index (χ0n) is 12.7. The minimum Gasteiger partial charge on any atom is -0.382 e. The van der Waals surface area contributed by atoms with Crippen LogP contribution in [0.2, 0.25) is 0 Å². The molecule has 0 saturated carbocycles. The van der Waals surface area contributed by atoms with Crippen molar-refractivity contribution in [2.24, 2.45) is 11.8 Å². The Morgan fingerprint density at radius 1 is 1.40 bits per heavy atom. The third-order valence-corrected chi connectivity index (χ3v) is 4.83. The molecule has 7 heteroatoms. The Morgan fingerprint density at radius 3 is 2.50 bits per heavy atom. The van der Waals surface area contributed by atoms with Gasteiger partial charge in [0.2, 0.25) is 0 Å². The predicted molar refractivity (Wildman–Crippen MR) is 78.6 cm³/mol. The van der Waals surface area contributed by atoms with Crippen molar-refractivity contribution >= 4 is 15.7 Å². The molecule has 5 nitrogen and oxygen atoms in total. The van der Waals surface area contributed by atoms with Crippen LogP contribution in [0.3, 0.4) is 0 Å². The Hall–Kier alpha value is 0.135. The lowest BCUT2D eigenvalue weighted by atomic mass is 9.78. The number of phosphoric ester groups is 1. The number of ether oxygens (including phenoxy) is 1. The van der Waals surface area contributed by atoms with E-state index in [0.29, 0.717) is 5.92 Å². The van der Waals surface area contributed by atoms with Gasteiger partial charge in [-0.3, -0.25) is 9.05 Å². The molecule has 1 rings (SSSR count). The maximum absolute atomic E-state index is 11.4. The molecule has 2 radical (unpaired) electrons. The molecule has 0 spiro atoms. The van der Waals surface area contributed by atoms with Gasteiger partial charge in [-0.2, -0.15) is 0 Å². The summed E-state index contributed by atoms with van der Waals surface area (Å²) >= 11 is 0. The first-order valence-electron chi connectivity index (χ1n) is 7.37. The second kappa shape index (κ2) is 8.55. The average molecular weight is 304 g/mol. The summed E-state index contributed by atoms with van der Waals surface area (Å²) in [6, 6.07) is -0.314. The molecule has 0 aromatic rings. The zero-order valence-corrected chi connectivity index (χ0v) is 13.6. The van der Waals surface area contributed by atoms with Crippen molar-refractivity contribution in [2.75, 3.05) is 13.7 Å². The fourth-order valence-electron chi connectivity index (χ4n) is 2.99. The smallest absolute Gasteiger partial charge is 0.382 e. The van der Waals surface area contributed by atoms with E-state index in [1.807, 2.05) is 0 Å². The normalized spacial score (nSPS) is 29.8. The van der Waals surface area contributed by atoms with E-state index in [-0.39, 0.29) is 24.6 Å². The van der Waals surface area contributed by atoms with Crippen molar-refractivity contribution in [3.8, 4) is 0 Å². The van der Waals surface area contributed by atoms with E-state index in [1.54, 1.807) is 0 Å². The summed E-state index contributed by atoms with van der Waals surface area (Å²) in [6.07, 6.45) is 5.00. The van der Waals surface area contributed by atoms with Gasteiger partial charge in [0.25, 0.3) is 0 Å². The van der Waals surface area contributed by atoms with E-state index in [2.05, 4.69) is 18.4 Å². The molecule has 0 aromatic heterocycles. The van der Waals surface area contributed by atoms with Crippen LogP contribution in [0.5, 0.6) is 0 Å². The highest BCUT2D eigenvalue weighted by Gasteiger charge is 2.38. The topological polar surface area (TPSA) is 65.0 Å². The van der Waals surface area contributed by atoms with Crippen LogP contribution < -0.4 is 0 Å². The highest BCUT2D eigenvalue weighted by atomic mass is 31.2. The molecule has 116 valence electrons. The molecule has 0 aliphatic carbocycles. The summed E-state index contributed by atoms with van der Waals surface area (Å²) in [5, 5.41) is 0. The van der Waals surface area contributed by atoms with Crippen LogP contribution in [0.25, 0.3) is 0 Å². The second-order valence-corrected chi connectivity index (χ2v) is 6.96. The van der Waals surface area contributed by atoms with Crippen molar-refractivity contribution < 1.29 is 23.2 Å². The van der Waals surface area contributed by atoms with E-state index in [9.17, 15) is 9.46 Å². The van der Waals surface area contributed by atoms with Crippen LogP contribution in [0.15, 0.2) is 0 Å². The lowest BCUT2D eigenvalue weighted by Crippen LogP contribution is -2.28. The van der Waals surface area contributed by atoms with Gasteiger partial charge >= 0.3 is 7.82 Å². The molecule has 0 bridgehead atoms. The molecule has 1 heterocycles. The average Bonchev–Trinajstić information content (AvgIpc) is 2.77. The lowest BCUT2D eigenvalue weighted by Gasteiger charge is -2.27. The Bertz CT molecular complexity index is 322. The monoisotopic (exact) mass is 304 g/mol. The van der Waals surface area contributed by atoms with Crippen molar-refractivity contribution in [2.45, 2.75) is 58.1 Å². The summed E-state index contributed by atoms with van der Waals surface area (Å²) in [4.78, 5) is 9.31. The van der Waals surface area contributed by atoms with Crippen LogP contribution in [-0.4, -0.2) is 38.6 Å². The molecule has 20 heavy (non-hydrogen) atoms. The molecule has 1 aliphatic heterocycles. The summed E-state index contributed by atoms with van der Waals surface area (Å²) in [5.41, 5.74) is 0. The summed E-state index contributed by atoms with van der Waals surface area (Å²) in [6.45, 7) is 4.37. The third-order valence-electron chi connectivity index (χ3n) is 3.89. The maximum atomic E-state index is 11.4. The maximum Gasteiger partial charge on any atom is 0.472 e. The van der Waals surface area contributed by atoms with E-state index in [1.165, 1.54) is 0 Å². The molecule has 1 fully saturated rings. The number of hydrogen-bond acceptors (Lipinski definition) is 4. The number of rotatable bonds is 9. The van der Waals surface area contributed by atoms with E-state index in [4.69, 9.17) is 17.1 Å². The fraction of sp³-hybridized carbons (Fsp3) is 1.00. The van der Waals surface area contributed by atoms with Crippen LogP contribution >= 0.6 is 7.82 Å². The molecular weight excluding hydrogens is 278 g/mol. The summed E-state index contributed by atoms with van der Waals surface area (Å²) in [7, 11) is 3.07. The molecule has 0 aromatic carbocycles. The van der Waals surface area contributed by atoms with Crippen molar-refractivity contribution in [3.63, 3.8) is 0 Å². The first kappa shape index (κ1) is 18.2. The van der Waals surface area contributed by atoms with Crippen LogP contribution in [-0.2, 0) is 18.3 Å². The minimum absolute atomic E-state index is 0.0455. The highest BCUT2D eigenvalue weighted by molar-refractivity contribution is 7.47. The number of phosphoric acid groups is 1. The Balaban J connectivity index is 2.64. The van der Waals surface area contributed by atoms with Gasteiger partial charge < -0.3 is 9.63 Å². The molecule has 0 amide bonds. The molecule has 1 saturated heterocycles. The quantitative estimate of drug-likeness (QED) is 0.524. The first-order chi connectivity index (χ1) is 9.43. The van der Waals surface area contributed by atoms with Crippen LogP contribution in [0.1, 0.15) is 46.0 Å². The Labute approximate surface area is 123 Å².